The van der Waals surface area contributed by atoms with E-state index in [-0.39, 0.29) is 12.4 Å². The summed E-state index contributed by atoms with van der Waals surface area (Å²) in [7, 11) is 0. The van der Waals surface area contributed by atoms with Gasteiger partial charge in [-0.25, -0.2) is 4.79 Å². The van der Waals surface area contributed by atoms with Crippen LogP contribution in [-0.2, 0) is 27.1 Å². The molecule has 0 aliphatic rings. The van der Waals surface area contributed by atoms with E-state index in [1.807, 2.05) is 0 Å². The molecule has 0 saturated carbocycles. The molecule has 5 nitrogen and oxygen atoms in total. The summed E-state index contributed by atoms with van der Waals surface area (Å²) in [5.41, 5.74) is -0.739. The van der Waals surface area contributed by atoms with Gasteiger partial charge >= 0.3 is 18.1 Å². The Labute approximate surface area is 106 Å². The number of ether oxygens (including phenoxy) is 2. The Morgan fingerprint density at radius 1 is 1.32 bits per heavy atom. The highest BCUT2D eigenvalue weighted by molar-refractivity contribution is 5.90. The lowest BCUT2D eigenvalue weighted by atomic mass is 10.2. The molecule has 0 N–H and O–H groups in total. The van der Waals surface area contributed by atoms with Crippen LogP contribution in [0, 0.1) is 0 Å². The number of hydrogen-bond acceptors (Lipinski definition) is 5. The number of hydrogen-bond donors (Lipinski definition) is 0. The number of halogens is 3. The van der Waals surface area contributed by atoms with Gasteiger partial charge in [0.2, 0.25) is 5.76 Å². The second kappa shape index (κ2) is 5.77. The van der Waals surface area contributed by atoms with E-state index in [0.717, 1.165) is 13.0 Å². The molecule has 106 valence electrons. The normalized spacial score (nSPS) is 11.2. The van der Waals surface area contributed by atoms with E-state index in [4.69, 9.17) is 0 Å². The fourth-order valence-corrected chi connectivity index (χ4v) is 1.26. The summed E-state index contributed by atoms with van der Waals surface area (Å²) in [6.45, 7) is 2.00. The fourth-order valence-electron chi connectivity index (χ4n) is 1.26. The van der Waals surface area contributed by atoms with Crippen LogP contribution in [-0.4, -0.2) is 18.5 Å². The molecule has 1 heterocycles. The van der Waals surface area contributed by atoms with Gasteiger partial charge in [-0.3, -0.25) is 4.79 Å². The Morgan fingerprint density at radius 3 is 2.42 bits per heavy atom. The van der Waals surface area contributed by atoms with Crippen LogP contribution in [0.5, 0.6) is 0 Å². The molecule has 1 aromatic heterocycles. The summed E-state index contributed by atoms with van der Waals surface area (Å²) in [4.78, 5) is 21.9. The van der Waals surface area contributed by atoms with E-state index in [1.54, 1.807) is 0 Å². The predicted octanol–water partition coefficient (Wildman–Crippen LogP) is 2.54. The maximum atomic E-state index is 12.7. The number of esters is 2. The summed E-state index contributed by atoms with van der Waals surface area (Å²) >= 11 is 0. The molecule has 0 amide bonds. The average Bonchev–Trinajstić information content (AvgIpc) is 2.70. The Hall–Kier alpha value is -1.99. The second-order valence-electron chi connectivity index (χ2n) is 3.45. The molecule has 8 heteroatoms. The number of carbonyl (C=O) groups is 2. The van der Waals surface area contributed by atoms with Crippen LogP contribution in [0.15, 0.2) is 10.5 Å². The Kier molecular flexibility index (Phi) is 4.57. The minimum atomic E-state index is -4.84. The van der Waals surface area contributed by atoms with Gasteiger partial charge in [-0.05, 0) is 13.0 Å². The molecular weight excluding hydrogens is 269 g/mol. The third kappa shape index (κ3) is 4.01. The minimum absolute atomic E-state index is 0.0689. The molecule has 0 aromatic carbocycles. The van der Waals surface area contributed by atoms with E-state index in [9.17, 15) is 22.8 Å². The van der Waals surface area contributed by atoms with Gasteiger partial charge in [-0.15, -0.1) is 0 Å². The topological polar surface area (TPSA) is 65.7 Å². The molecule has 1 rings (SSSR count). The maximum absolute atomic E-state index is 12.7. The maximum Gasteiger partial charge on any atom is 0.450 e. The van der Waals surface area contributed by atoms with E-state index in [0.29, 0.717) is 0 Å². The van der Waals surface area contributed by atoms with Crippen LogP contribution < -0.4 is 0 Å². The summed E-state index contributed by atoms with van der Waals surface area (Å²) in [5.74, 6) is -3.58. The molecule has 0 spiro atoms. The van der Waals surface area contributed by atoms with Crippen LogP contribution in [0.4, 0.5) is 13.2 Å². The molecule has 0 aliphatic heterocycles. The molecule has 0 aliphatic carbocycles. The van der Waals surface area contributed by atoms with Crippen LogP contribution in [0.3, 0.4) is 0 Å². The van der Waals surface area contributed by atoms with Crippen LogP contribution in [0.1, 0.15) is 35.7 Å². The average molecular weight is 280 g/mol. The van der Waals surface area contributed by atoms with Gasteiger partial charge in [0.25, 0.3) is 0 Å². The Balaban J connectivity index is 3.06. The lowest BCUT2D eigenvalue weighted by molar-refractivity contribution is -0.154. The molecule has 0 radical (unpaired) electrons. The second-order valence-corrected chi connectivity index (χ2v) is 3.45. The zero-order valence-corrected chi connectivity index (χ0v) is 10.2. The van der Waals surface area contributed by atoms with Crippen LogP contribution >= 0.6 is 0 Å². The van der Waals surface area contributed by atoms with Crippen molar-refractivity contribution in [2.24, 2.45) is 0 Å². The smallest absolute Gasteiger partial charge is 0.450 e. The van der Waals surface area contributed by atoms with Crippen molar-refractivity contribution in [3.8, 4) is 0 Å². The highest BCUT2D eigenvalue weighted by Gasteiger charge is 2.41. The first-order valence-electron chi connectivity index (χ1n) is 5.26. The van der Waals surface area contributed by atoms with Gasteiger partial charge in [0, 0.05) is 6.92 Å². The molecule has 1 aromatic rings. The van der Waals surface area contributed by atoms with E-state index in [1.165, 1.54) is 6.92 Å². The largest absolute Gasteiger partial charge is 0.462 e. The molecule has 19 heavy (non-hydrogen) atoms. The van der Waals surface area contributed by atoms with Crippen LogP contribution in [0.25, 0.3) is 0 Å². The lowest BCUT2D eigenvalue weighted by Crippen LogP contribution is -2.12. The van der Waals surface area contributed by atoms with E-state index < -0.39 is 36.0 Å². The molecule has 0 atom stereocenters. The highest BCUT2D eigenvalue weighted by atomic mass is 19.4. The van der Waals surface area contributed by atoms with Crippen molar-refractivity contribution < 1.29 is 36.7 Å². The molecule has 0 fully saturated rings. The van der Waals surface area contributed by atoms with Gasteiger partial charge in [0.15, 0.2) is 0 Å². The standard InChI is InChI=1S/C11H11F3O5/c1-3-17-10(16)8-4-7(5-18-6(2)15)19-9(8)11(12,13)14/h4H,3,5H2,1-2H3. The van der Waals surface area contributed by atoms with Crippen molar-refractivity contribution in [3.63, 3.8) is 0 Å². The molecule has 0 saturated heterocycles. The first kappa shape index (κ1) is 15.1. The van der Waals surface area contributed by atoms with Crippen molar-refractivity contribution in [1.29, 1.82) is 0 Å². The third-order valence-corrected chi connectivity index (χ3v) is 1.95. The quantitative estimate of drug-likeness (QED) is 0.793. The van der Waals surface area contributed by atoms with Crippen molar-refractivity contribution in [3.05, 3.63) is 23.2 Å². The van der Waals surface area contributed by atoms with Crippen LogP contribution in [0.2, 0.25) is 0 Å². The van der Waals surface area contributed by atoms with Crippen molar-refractivity contribution in [2.75, 3.05) is 6.61 Å². The Bertz CT molecular complexity index is 475. The number of furan rings is 1. The summed E-state index contributed by atoms with van der Waals surface area (Å²) < 4.78 is 51.4. The van der Waals surface area contributed by atoms with E-state index >= 15 is 0 Å². The lowest BCUT2D eigenvalue weighted by Gasteiger charge is -2.05. The van der Waals surface area contributed by atoms with Gasteiger partial charge in [-0.1, -0.05) is 0 Å². The first-order chi connectivity index (χ1) is 8.75. The van der Waals surface area contributed by atoms with Gasteiger partial charge in [0.05, 0.1) is 6.61 Å². The summed E-state index contributed by atoms with van der Waals surface area (Å²) in [6.07, 6.45) is -4.84. The minimum Gasteiger partial charge on any atom is -0.462 e. The van der Waals surface area contributed by atoms with Crippen molar-refractivity contribution in [1.82, 2.24) is 0 Å². The highest BCUT2D eigenvalue weighted by Crippen LogP contribution is 2.34. The van der Waals surface area contributed by atoms with Crippen molar-refractivity contribution >= 4 is 11.9 Å². The summed E-state index contributed by atoms with van der Waals surface area (Å²) in [6, 6.07) is 0.851. The Morgan fingerprint density at radius 2 is 1.95 bits per heavy atom. The van der Waals surface area contributed by atoms with Gasteiger partial charge in [-0.2, -0.15) is 13.2 Å². The van der Waals surface area contributed by atoms with Gasteiger partial charge < -0.3 is 13.9 Å². The first-order valence-corrected chi connectivity index (χ1v) is 5.26. The number of carbonyl (C=O) groups excluding carboxylic acids is 2. The van der Waals surface area contributed by atoms with Crippen molar-refractivity contribution in [2.45, 2.75) is 26.6 Å². The number of rotatable bonds is 4. The molecule has 0 unspecified atom stereocenters. The zero-order valence-electron chi connectivity index (χ0n) is 10.2. The molecular formula is C11H11F3O5. The van der Waals surface area contributed by atoms with E-state index in [2.05, 4.69) is 13.9 Å². The predicted molar refractivity (Wildman–Crippen MR) is 55.1 cm³/mol. The van der Waals surface area contributed by atoms with Gasteiger partial charge in [0.1, 0.15) is 17.9 Å². The SMILES string of the molecule is CCOC(=O)c1cc(COC(C)=O)oc1C(F)(F)F. The third-order valence-electron chi connectivity index (χ3n) is 1.95. The molecule has 0 bridgehead atoms. The summed E-state index contributed by atoms with van der Waals surface area (Å²) in [5, 5.41) is 0. The zero-order chi connectivity index (χ0) is 14.6. The fraction of sp³-hybridized carbons (Fsp3) is 0.455. The monoisotopic (exact) mass is 280 g/mol. The number of alkyl halides is 3.